The zero-order valence-corrected chi connectivity index (χ0v) is 18.2. The molecule has 2 N–H and O–H groups in total. The number of ketones is 1. The molecule has 1 unspecified atom stereocenters. The summed E-state index contributed by atoms with van der Waals surface area (Å²) < 4.78 is 24.1. The van der Waals surface area contributed by atoms with Gasteiger partial charge < -0.3 is 14.9 Å². The highest BCUT2D eigenvalue weighted by molar-refractivity contribution is 5.93. The number of furan rings is 1. The van der Waals surface area contributed by atoms with Crippen LogP contribution in [0.15, 0.2) is 40.8 Å². The number of hydrogen-bond acceptors (Lipinski definition) is 4. The first-order chi connectivity index (χ1) is 14.2. The predicted octanol–water partition coefficient (Wildman–Crippen LogP) is 5.90. The maximum atomic E-state index is 13.0. The number of carbonyl (C=O) groups excluding carboxylic acids is 2. The molecule has 30 heavy (non-hydrogen) atoms. The van der Waals surface area contributed by atoms with Gasteiger partial charge in [0, 0.05) is 18.8 Å². The van der Waals surface area contributed by atoms with Crippen molar-refractivity contribution < 1.29 is 23.1 Å². The van der Waals surface area contributed by atoms with Crippen molar-refractivity contribution in [1.82, 2.24) is 0 Å². The Bertz CT molecular complexity index is 837. The van der Waals surface area contributed by atoms with E-state index in [4.69, 9.17) is 14.9 Å². The molecule has 1 heterocycles. The van der Waals surface area contributed by atoms with Crippen LogP contribution in [0.5, 0.6) is 0 Å². The molecule has 1 aromatic heterocycles. The molecule has 164 valence electrons. The zero-order valence-electron chi connectivity index (χ0n) is 18.2. The van der Waals surface area contributed by atoms with Crippen LogP contribution in [0, 0.1) is 17.7 Å². The van der Waals surface area contributed by atoms with Crippen molar-refractivity contribution in [2.45, 2.75) is 65.4 Å². The number of halogens is 1. The SMILES string of the molecule is CCC(CC)C(CCC(=O)c1ccc(Cc2ccc(F)cc2)o1)C(C)(C)OC(N)=O. The van der Waals surface area contributed by atoms with Crippen LogP contribution >= 0.6 is 0 Å². The van der Waals surface area contributed by atoms with Crippen molar-refractivity contribution in [1.29, 1.82) is 0 Å². The number of primary amides is 1. The topological polar surface area (TPSA) is 82.5 Å². The molecule has 0 fully saturated rings. The van der Waals surface area contributed by atoms with Crippen LogP contribution in [-0.2, 0) is 11.2 Å². The summed E-state index contributed by atoms with van der Waals surface area (Å²) in [5.74, 6) is 0.883. The van der Waals surface area contributed by atoms with E-state index in [0.29, 0.717) is 30.3 Å². The lowest BCUT2D eigenvalue weighted by atomic mass is 9.74. The molecule has 0 aliphatic rings. The van der Waals surface area contributed by atoms with E-state index < -0.39 is 11.7 Å². The Morgan fingerprint density at radius 2 is 1.73 bits per heavy atom. The third-order valence-corrected chi connectivity index (χ3v) is 5.78. The van der Waals surface area contributed by atoms with Gasteiger partial charge in [0.05, 0.1) is 0 Å². The van der Waals surface area contributed by atoms with E-state index in [1.165, 1.54) is 12.1 Å². The minimum atomic E-state index is -0.807. The lowest BCUT2D eigenvalue weighted by molar-refractivity contribution is -0.0283. The molecule has 1 amide bonds. The smallest absolute Gasteiger partial charge is 0.405 e. The van der Waals surface area contributed by atoms with Crippen molar-refractivity contribution in [3.05, 3.63) is 59.3 Å². The van der Waals surface area contributed by atoms with Crippen LogP contribution in [0.3, 0.4) is 0 Å². The Morgan fingerprint density at radius 1 is 1.10 bits per heavy atom. The molecule has 1 atom stereocenters. The second-order valence-corrected chi connectivity index (χ2v) is 8.24. The van der Waals surface area contributed by atoms with E-state index in [2.05, 4.69) is 13.8 Å². The quantitative estimate of drug-likeness (QED) is 0.462. The molecular weight excluding hydrogens is 385 g/mol. The highest BCUT2D eigenvalue weighted by Crippen LogP contribution is 2.36. The molecule has 0 spiro atoms. The normalized spacial score (nSPS) is 12.7. The summed E-state index contributed by atoms with van der Waals surface area (Å²) >= 11 is 0. The van der Waals surface area contributed by atoms with Gasteiger partial charge in [-0.3, -0.25) is 4.79 Å². The van der Waals surface area contributed by atoms with E-state index >= 15 is 0 Å². The van der Waals surface area contributed by atoms with Crippen LogP contribution in [0.4, 0.5) is 9.18 Å². The van der Waals surface area contributed by atoms with Gasteiger partial charge in [-0.2, -0.15) is 0 Å². The van der Waals surface area contributed by atoms with Gasteiger partial charge in [-0.15, -0.1) is 0 Å². The first-order valence-corrected chi connectivity index (χ1v) is 10.5. The minimum absolute atomic E-state index is 0.00222. The predicted molar refractivity (Wildman–Crippen MR) is 114 cm³/mol. The molecule has 0 saturated heterocycles. The molecule has 0 saturated carbocycles. The van der Waals surface area contributed by atoms with Crippen LogP contribution in [0.25, 0.3) is 0 Å². The second kappa shape index (κ2) is 10.4. The number of carbonyl (C=O) groups is 2. The maximum Gasteiger partial charge on any atom is 0.405 e. The van der Waals surface area contributed by atoms with E-state index in [9.17, 15) is 14.0 Å². The van der Waals surface area contributed by atoms with Crippen LogP contribution < -0.4 is 5.73 Å². The number of amides is 1. The molecule has 0 radical (unpaired) electrons. The zero-order chi connectivity index (χ0) is 22.3. The fourth-order valence-corrected chi connectivity index (χ4v) is 4.18. The first kappa shape index (κ1) is 23.6. The summed E-state index contributed by atoms with van der Waals surface area (Å²) in [7, 11) is 0. The number of Topliss-reactive ketones (excluding diaryl/α,β-unsaturated/α-hetero) is 1. The Kier molecular flexibility index (Phi) is 8.21. The van der Waals surface area contributed by atoms with Crippen molar-refractivity contribution >= 4 is 11.9 Å². The average Bonchev–Trinajstić information content (AvgIpc) is 3.14. The van der Waals surface area contributed by atoms with Gasteiger partial charge in [0.2, 0.25) is 0 Å². The lowest BCUT2D eigenvalue weighted by Gasteiger charge is -2.38. The average molecular weight is 418 g/mol. The Morgan fingerprint density at radius 3 is 2.30 bits per heavy atom. The van der Waals surface area contributed by atoms with Gasteiger partial charge in [0.15, 0.2) is 11.5 Å². The summed E-state index contributed by atoms with van der Waals surface area (Å²) in [5.41, 5.74) is 5.40. The third kappa shape index (κ3) is 6.44. The standard InChI is InChI=1S/C24H32FNO4/c1-5-17(6-2)20(24(3,4)30-23(26)28)12-13-21(27)22-14-11-19(29-22)15-16-7-9-18(25)10-8-16/h7-11,14,17,20H,5-6,12-13,15H2,1-4H3,(H2,26,28). The van der Waals surface area contributed by atoms with Gasteiger partial charge >= 0.3 is 6.09 Å². The third-order valence-electron chi connectivity index (χ3n) is 5.78. The molecule has 2 rings (SSSR count). The lowest BCUT2D eigenvalue weighted by Crippen LogP contribution is -2.42. The fraction of sp³-hybridized carbons (Fsp3) is 0.500. The molecule has 1 aromatic carbocycles. The fourth-order valence-electron chi connectivity index (χ4n) is 4.18. The number of nitrogens with two attached hydrogens (primary N) is 1. The first-order valence-electron chi connectivity index (χ1n) is 10.5. The van der Waals surface area contributed by atoms with Crippen LogP contribution in [0.1, 0.15) is 75.3 Å². The van der Waals surface area contributed by atoms with Crippen molar-refractivity contribution in [2.75, 3.05) is 0 Å². The molecule has 0 aliphatic heterocycles. The van der Waals surface area contributed by atoms with E-state index in [-0.39, 0.29) is 23.9 Å². The largest absolute Gasteiger partial charge is 0.458 e. The van der Waals surface area contributed by atoms with Crippen LogP contribution in [0.2, 0.25) is 0 Å². The van der Waals surface area contributed by atoms with Gasteiger partial charge in [-0.25, -0.2) is 9.18 Å². The van der Waals surface area contributed by atoms with Crippen LogP contribution in [-0.4, -0.2) is 17.5 Å². The Hall–Kier alpha value is -2.63. The van der Waals surface area contributed by atoms with Crippen molar-refractivity contribution in [2.24, 2.45) is 17.6 Å². The van der Waals surface area contributed by atoms with E-state index in [1.807, 2.05) is 13.8 Å². The highest BCUT2D eigenvalue weighted by Gasteiger charge is 2.37. The monoisotopic (exact) mass is 417 g/mol. The number of benzene rings is 1. The van der Waals surface area contributed by atoms with Gasteiger partial charge in [0.1, 0.15) is 17.2 Å². The second-order valence-electron chi connectivity index (χ2n) is 8.24. The van der Waals surface area contributed by atoms with Crippen molar-refractivity contribution in [3.63, 3.8) is 0 Å². The number of hydrogen-bond donors (Lipinski definition) is 1. The molecule has 6 heteroatoms. The summed E-state index contributed by atoms with van der Waals surface area (Å²) in [6, 6.07) is 9.64. The molecule has 0 bridgehead atoms. The molecular formula is C24H32FNO4. The van der Waals surface area contributed by atoms with E-state index in [1.54, 1.807) is 24.3 Å². The minimum Gasteiger partial charge on any atom is -0.458 e. The summed E-state index contributed by atoms with van der Waals surface area (Å²) in [4.78, 5) is 24.1. The van der Waals surface area contributed by atoms with E-state index in [0.717, 1.165) is 18.4 Å². The highest BCUT2D eigenvalue weighted by atomic mass is 19.1. The Balaban J connectivity index is 2.05. The van der Waals surface area contributed by atoms with Gasteiger partial charge in [-0.05, 0) is 56.0 Å². The summed E-state index contributed by atoms with van der Waals surface area (Å²) in [6.07, 6.45) is 2.38. The number of rotatable bonds is 11. The maximum absolute atomic E-state index is 13.0. The molecule has 5 nitrogen and oxygen atoms in total. The van der Waals surface area contributed by atoms with Gasteiger partial charge in [0.25, 0.3) is 0 Å². The number of ether oxygens (including phenoxy) is 1. The molecule has 0 aliphatic carbocycles. The molecule has 2 aromatic rings. The summed E-state index contributed by atoms with van der Waals surface area (Å²) in [5, 5.41) is 0. The Labute approximate surface area is 177 Å². The van der Waals surface area contributed by atoms with Gasteiger partial charge in [-0.1, -0.05) is 38.8 Å². The van der Waals surface area contributed by atoms with Crippen molar-refractivity contribution in [3.8, 4) is 0 Å². The summed E-state index contributed by atoms with van der Waals surface area (Å²) in [6.45, 7) is 7.88.